The first-order valence-electron chi connectivity index (χ1n) is 7.96. The van der Waals surface area contributed by atoms with Crippen LogP contribution in [0.4, 0.5) is 0 Å². The monoisotopic (exact) mass is 376 g/mol. The number of halogens is 1. The molecule has 0 heterocycles. The molecule has 0 spiro atoms. The highest BCUT2D eigenvalue weighted by atomic mass is 35.5. The highest BCUT2D eigenvalue weighted by Gasteiger charge is 2.10. The van der Waals surface area contributed by atoms with Gasteiger partial charge in [0, 0.05) is 28.4 Å². The molecule has 0 aromatic heterocycles. The molecule has 2 aromatic carbocycles. The molecular weight excluding hydrogens is 356 g/mol. The highest BCUT2D eigenvalue weighted by molar-refractivity contribution is 7.98. The predicted octanol–water partition coefficient (Wildman–Crippen LogP) is 4.06. The molecule has 0 radical (unpaired) electrons. The summed E-state index contributed by atoms with van der Waals surface area (Å²) in [6.07, 6.45) is 2.26. The minimum absolute atomic E-state index is 0.0737. The van der Waals surface area contributed by atoms with E-state index in [2.05, 4.69) is 10.6 Å². The predicted molar refractivity (Wildman–Crippen MR) is 103 cm³/mol. The fourth-order valence-electron chi connectivity index (χ4n) is 2.28. The average molecular weight is 377 g/mol. The van der Waals surface area contributed by atoms with Crippen LogP contribution in [0, 0.1) is 0 Å². The van der Waals surface area contributed by atoms with Crippen LogP contribution < -0.4 is 10.6 Å². The van der Waals surface area contributed by atoms with Crippen molar-refractivity contribution in [3.8, 4) is 0 Å². The minimum Gasteiger partial charge on any atom is -0.352 e. The summed E-state index contributed by atoms with van der Waals surface area (Å²) in [5.41, 5.74) is 1.57. The molecule has 2 N–H and O–H groups in total. The van der Waals surface area contributed by atoms with Crippen molar-refractivity contribution in [3.05, 3.63) is 64.7 Å². The van der Waals surface area contributed by atoms with Gasteiger partial charge in [-0.15, -0.1) is 11.8 Å². The van der Waals surface area contributed by atoms with Crippen LogP contribution in [0.15, 0.2) is 53.4 Å². The topological polar surface area (TPSA) is 58.2 Å². The Morgan fingerprint density at radius 3 is 2.32 bits per heavy atom. The zero-order chi connectivity index (χ0) is 18.2. The molecule has 132 valence electrons. The molecule has 1 unspecified atom stereocenters. The van der Waals surface area contributed by atoms with Crippen LogP contribution in [0.1, 0.15) is 35.3 Å². The van der Waals surface area contributed by atoms with E-state index in [1.54, 1.807) is 36.0 Å². The van der Waals surface area contributed by atoms with Crippen molar-refractivity contribution in [2.75, 3.05) is 12.8 Å². The van der Waals surface area contributed by atoms with Crippen LogP contribution in [0.5, 0.6) is 0 Å². The minimum atomic E-state index is -0.217. The number of rotatable bonds is 7. The zero-order valence-electron chi connectivity index (χ0n) is 14.2. The van der Waals surface area contributed by atoms with Crippen molar-refractivity contribution in [2.24, 2.45) is 0 Å². The number of nitrogens with one attached hydrogen (secondary N) is 2. The first-order chi connectivity index (χ1) is 12.0. The maximum atomic E-state index is 12.0. The van der Waals surface area contributed by atoms with E-state index in [1.807, 2.05) is 37.4 Å². The summed E-state index contributed by atoms with van der Waals surface area (Å²) >= 11 is 7.47. The van der Waals surface area contributed by atoms with Gasteiger partial charge >= 0.3 is 0 Å². The number of hydrogen-bond acceptors (Lipinski definition) is 3. The van der Waals surface area contributed by atoms with Gasteiger partial charge in [0.2, 0.25) is 5.91 Å². The van der Waals surface area contributed by atoms with Crippen LogP contribution in [-0.4, -0.2) is 24.6 Å². The van der Waals surface area contributed by atoms with E-state index in [4.69, 9.17) is 11.6 Å². The number of carbonyl (C=O) groups is 2. The molecule has 4 nitrogen and oxygen atoms in total. The third-order valence-corrected chi connectivity index (χ3v) is 4.73. The van der Waals surface area contributed by atoms with Crippen LogP contribution in [0.2, 0.25) is 5.02 Å². The molecule has 2 aromatic rings. The molecule has 0 saturated carbocycles. The fourth-order valence-corrected chi connectivity index (χ4v) is 2.82. The molecule has 0 aliphatic heterocycles. The van der Waals surface area contributed by atoms with Crippen molar-refractivity contribution in [1.29, 1.82) is 0 Å². The quantitative estimate of drug-likeness (QED) is 0.716. The molecule has 25 heavy (non-hydrogen) atoms. The van der Waals surface area contributed by atoms with Crippen LogP contribution in [-0.2, 0) is 4.79 Å². The summed E-state index contributed by atoms with van der Waals surface area (Å²) in [6, 6.07) is 14.6. The Morgan fingerprint density at radius 2 is 1.72 bits per heavy atom. The first kappa shape index (κ1) is 19.3. The van der Waals surface area contributed by atoms with Gasteiger partial charge in [0.05, 0.1) is 6.04 Å². The smallest absolute Gasteiger partial charge is 0.251 e. The number of carbonyl (C=O) groups excluding carboxylic acids is 2. The summed E-state index contributed by atoms with van der Waals surface area (Å²) in [5, 5.41) is 6.25. The van der Waals surface area contributed by atoms with Gasteiger partial charge in [-0.3, -0.25) is 9.59 Å². The SMILES string of the molecule is CSc1ccc(C(C)NC(=O)CCNC(=O)c2ccc(Cl)cc2)cc1. The Morgan fingerprint density at radius 1 is 1.08 bits per heavy atom. The molecule has 2 rings (SSSR count). The number of amides is 2. The summed E-state index contributed by atoms with van der Waals surface area (Å²) in [4.78, 5) is 25.2. The van der Waals surface area contributed by atoms with Gasteiger partial charge in [0.25, 0.3) is 5.91 Å². The molecule has 0 fully saturated rings. The lowest BCUT2D eigenvalue weighted by atomic mass is 10.1. The van der Waals surface area contributed by atoms with Crippen molar-refractivity contribution in [1.82, 2.24) is 10.6 Å². The second kappa shape index (κ2) is 9.49. The van der Waals surface area contributed by atoms with E-state index in [-0.39, 0.29) is 30.8 Å². The van der Waals surface area contributed by atoms with Gasteiger partial charge in [-0.1, -0.05) is 23.7 Å². The summed E-state index contributed by atoms with van der Waals surface area (Å²) in [6.45, 7) is 2.23. The summed E-state index contributed by atoms with van der Waals surface area (Å²) in [5.74, 6) is -0.317. The molecule has 6 heteroatoms. The second-order valence-corrected chi connectivity index (χ2v) is 6.89. The Balaban J connectivity index is 1.76. The lowest BCUT2D eigenvalue weighted by molar-refractivity contribution is -0.121. The maximum absolute atomic E-state index is 12.0. The standard InChI is InChI=1S/C19H21ClN2O2S/c1-13(14-5-9-17(25-2)10-6-14)22-18(23)11-12-21-19(24)15-3-7-16(20)8-4-15/h3-10,13H,11-12H2,1-2H3,(H,21,24)(H,22,23). The molecule has 0 saturated heterocycles. The highest BCUT2D eigenvalue weighted by Crippen LogP contribution is 2.18. The van der Waals surface area contributed by atoms with Crippen molar-refractivity contribution >= 4 is 35.2 Å². The summed E-state index contributed by atoms with van der Waals surface area (Å²) < 4.78 is 0. The fraction of sp³-hybridized carbons (Fsp3) is 0.263. The van der Waals surface area contributed by atoms with Crippen LogP contribution in [0.25, 0.3) is 0 Å². The van der Waals surface area contributed by atoms with E-state index in [9.17, 15) is 9.59 Å². The van der Waals surface area contributed by atoms with Crippen LogP contribution >= 0.6 is 23.4 Å². The van der Waals surface area contributed by atoms with Crippen molar-refractivity contribution in [3.63, 3.8) is 0 Å². The lowest BCUT2D eigenvalue weighted by Gasteiger charge is -2.15. The molecule has 0 aliphatic rings. The summed E-state index contributed by atoms with van der Waals surface area (Å²) in [7, 11) is 0. The molecule has 1 atom stereocenters. The zero-order valence-corrected chi connectivity index (χ0v) is 15.8. The van der Waals surface area contributed by atoms with Gasteiger partial charge in [0.1, 0.15) is 0 Å². The van der Waals surface area contributed by atoms with Gasteiger partial charge in [-0.25, -0.2) is 0 Å². The lowest BCUT2D eigenvalue weighted by Crippen LogP contribution is -2.32. The van der Waals surface area contributed by atoms with E-state index < -0.39 is 0 Å². The molecule has 0 aliphatic carbocycles. The first-order valence-corrected chi connectivity index (χ1v) is 9.57. The van der Waals surface area contributed by atoms with Crippen molar-refractivity contribution in [2.45, 2.75) is 24.3 Å². The van der Waals surface area contributed by atoms with E-state index in [1.165, 1.54) is 4.90 Å². The molecule has 2 amide bonds. The van der Waals surface area contributed by atoms with Gasteiger partial charge in [-0.2, -0.15) is 0 Å². The maximum Gasteiger partial charge on any atom is 0.251 e. The number of hydrogen-bond donors (Lipinski definition) is 2. The second-order valence-electron chi connectivity index (χ2n) is 5.58. The Hall–Kier alpha value is -1.98. The number of thioether (sulfide) groups is 1. The molecule has 0 bridgehead atoms. The Bertz CT molecular complexity index is 717. The Kier molecular flexibility index (Phi) is 7.34. The molecular formula is C19H21ClN2O2S. The van der Waals surface area contributed by atoms with E-state index in [0.717, 1.165) is 5.56 Å². The van der Waals surface area contributed by atoms with Gasteiger partial charge in [-0.05, 0) is 55.1 Å². The third kappa shape index (κ3) is 6.11. The van der Waals surface area contributed by atoms with E-state index >= 15 is 0 Å². The largest absolute Gasteiger partial charge is 0.352 e. The number of benzene rings is 2. The van der Waals surface area contributed by atoms with Gasteiger partial charge in [0.15, 0.2) is 0 Å². The van der Waals surface area contributed by atoms with Crippen molar-refractivity contribution < 1.29 is 9.59 Å². The normalized spacial score (nSPS) is 11.6. The third-order valence-electron chi connectivity index (χ3n) is 3.74. The van der Waals surface area contributed by atoms with E-state index in [0.29, 0.717) is 10.6 Å². The van der Waals surface area contributed by atoms with Gasteiger partial charge < -0.3 is 10.6 Å². The average Bonchev–Trinajstić information content (AvgIpc) is 2.62. The van der Waals surface area contributed by atoms with Crippen LogP contribution in [0.3, 0.4) is 0 Å². The Labute approximate surface area is 157 Å².